The molecule has 0 bridgehead atoms. The van der Waals surface area contributed by atoms with E-state index in [1.165, 1.54) is 12.1 Å². The molecule has 0 heterocycles. The van der Waals surface area contributed by atoms with Crippen molar-refractivity contribution in [3.05, 3.63) is 59.7 Å². The van der Waals surface area contributed by atoms with Crippen LogP contribution in [0.15, 0.2) is 48.5 Å². The van der Waals surface area contributed by atoms with Crippen LogP contribution in [0.4, 0.5) is 18.9 Å². The van der Waals surface area contributed by atoms with Crippen LogP contribution >= 0.6 is 0 Å². The molecule has 2 rings (SSSR count). The Hall–Kier alpha value is -2.21. The number of rotatable bonds is 5. The summed E-state index contributed by atoms with van der Waals surface area (Å²) in [5, 5.41) is 0. The van der Waals surface area contributed by atoms with Gasteiger partial charge >= 0.3 is 6.36 Å². The van der Waals surface area contributed by atoms with Crippen LogP contribution in [-0.4, -0.2) is 6.36 Å². The predicted octanol–water partition coefficient (Wildman–Crippen LogP) is 4.01. The summed E-state index contributed by atoms with van der Waals surface area (Å²) in [5.41, 5.74) is 8.41. The van der Waals surface area contributed by atoms with Gasteiger partial charge in [-0.3, -0.25) is 0 Å². The topological polar surface area (TPSA) is 33.3 Å². The number of para-hydroxylation sites is 1. The number of hydrogen-bond donors (Lipinski definition) is 2. The quantitative estimate of drug-likeness (QED) is 0.818. The Balaban J connectivity index is 1.97. The molecule has 2 aromatic carbocycles. The van der Waals surface area contributed by atoms with Crippen LogP contribution in [0.25, 0.3) is 0 Å². The van der Waals surface area contributed by atoms with E-state index < -0.39 is 6.36 Å². The molecule has 0 aliphatic rings. The van der Waals surface area contributed by atoms with Gasteiger partial charge in [0.2, 0.25) is 0 Å². The Morgan fingerprint density at radius 1 is 1.05 bits per heavy atom. The fraction of sp³-hybridized carbons (Fsp3) is 0.200. The van der Waals surface area contributed by atoms with E-state index in [0.29, 0.717) is 6.54 Å². The molecule has 2 N–H and O–H groups in total. The second-order valence-corrected chi connectivity index (χ2v) is 4.48. The first kappa shape index (κ1) is 15.2. The smallest absolute Gasteiger partial charge is 0.406 e. The summed E-state index contributed by atoms with van der Waals surface area (Å²) in [5.74, 6) is -0.218. The average Bonchev–Trinajstić information content (AvgIpc) is 2.42. The monoisotopic (exact) mass is 296 g/mol. The molecule has 0 atom stereocenters. The first-order valence-electron chi connectivity index (χ1n) is 6.33. The molecule has 6 heteroatoms. The minimum absolute atomic E-state index is 0.218. The predicted molar refractivity (Wildman–Crippen MR) is 74.8 cm³/mol. The fourth-order valence-electron chi connectivity index (χ4n) is 1.80. The van der Waals surface area contributed by atoms with E-state index in [4.69, 9.17) is 0 Å². The maximum Gasteiger partial charge on any atom is 0.573 e. The first-order chi connectivity index (χ1) is 9.94. The molecule has 0 aliphatic heterocycles. The largest absolute Gasteiger partial charge is 0.573 e. The minimum atomic E-state index is -4.68. The molecule has 0 fully saturated rings. The number of nitrogens with one attached hydrogen (secondary N) is 2. The average molecular weight is 296 g/mol. The van der Waals surface area contributed by atoms with Gasteiger partial charge in [-0.05, 0) is 42.3 Å². The van der Waals surface area contributed by atoms with Crippen LogP contribution in [0, 0.1) is 6.92 Å². The second-order valence-electron chi connectivity index (χ2n) is 4.48. The molecule has 0 saturated heterocycles. The van der Waals surface area contributed by atoms with Gasteiger partial charge in [0.15, 0.2) is 0 Å². The molecule has 0 aliphatic carbocycles. The molecule has 2 aromatic rings. The highest BCUT2D eigenvalue weighted by Crippen LogP contribution is 2.24. The zero-order chi connectivity index (χ0) is 15.3. The summed E-state index contributed by atoms with van der Waals surface area (Å²) < 4.78 is 40.5. The van der Waals surface area contributed by atoms with E-state index in [1.807, 2.05) is 37.3 Å². The lowest BCUT2D eigenvalue weighted by Crippen LogP contribution is -2.22. The first-order valence-corrected chi connectivity index (χ1v) is 6.33. The van der Waals surface area contributed by atoms with Crippen LogP contribution in [0.2, 0.25) is 0 Å². The van der Waals surface area contributed by atoms with Gasteiger partial charge in [-0.1, -0.05) is 24.3 Å². The SMILES string of the molecule is Cc1ccc(OC(F)(F)F)cc1CNNc1ccccc1. The van der Waals surface area contributed by atoms with Crippen molar-refractivity contribution in [3.8, 4) is 5.75 Å². The Morgan fingerprint density at radius 3 is 2.43 bits per heavy atom. The maximum absolute atomic E-state index is 12.2. The number of benzene rings is 2. The summed E-state index contributed by atoms with van der Waals surface area (Å²) in [6.45, 7) is 2.20. The number of halogens is 3. The molecule has 3 nitrogen and oxygen atoms in total. The van der Waals surface area contributed by atoms with Crippen molar-refractivity contribution >= 4 is 5.69 Å². The number of hydrazine groups is 1. The highest BCUT2D eigenvalue weighted by atomic mass is 19.4. The van der Waals surface area contributed by atoms with Crippen LogP contribution in [0.1, 0.15) is 11.1 Å². The lowest BCUT2D eigenvalue weighted by atomic mass is 10.1. The van der Waals surface area contributed by atoms with Crippen molar-refractivity contribution in [2.75, 3.05) is 5.43 Å². The standard InChI is InChI=1S/C15H15F3N2O/c1-11-7-8-14(21-15(16,17)18)9-12(11)10-19-20-13-5-3-2-4-6-13/h2-9,19-20H,10H2,1H3. The van der Waals surface area contributed by atoms with Crippen molar-refractivity contribution in [3.63, 3.8) is 0 Å². The van der Waals surface area contributed by atoms with Crippen LogP contribution in [-0.2, 0) is 6.54 Å². The van der Waals surface area contributed by atoms with E-state index in [2.05, 4.69) is 15.6 Å². The van der Waals surface area contributed by atoms with Crippen molar-refractivity contribution < 1.29 is 17.9 Å². The number of anilines is 1. The zero-order valence-corrected chi connectivity index (χ0v) is 11.4. The van der Waals surface area contributed by atoms with E-state index in [1.54, 1.807) is 6.07 Å². The second kappa shape index (κ2) is 6.49. The molecule has 0 amide bonds. The summed E-state index contributed by atoms with van der Waals surface area (Å²) in [4.78, 5) is 0. The van der Waals surface area contributed by atoms with E-state index in [0.717, 1.165) is 16.8 Å². The molecular formula is C15H15F3N2O. The third kappa shape index (κ3) is 5.00. The summed E-state index contributed by atoms with van der Waals surface area (Å²) in [7, 11) is 0. The molecule has 0 radical (unpaired) electrons. The normalized spacial score (nSPS) is 11.2. The molecule has 21 heavy (non-hydrogen) atoms. The Bertz CT molecular complexity index is 585. The fourth-order valence-corrected chi connectivity index (χ4v) is 1.80. The van der Waals surface area contributed by atoms with Gasteiger partial charge in [0, 0.05) is 12.2 Å². The van der Waals surface area contributed by atoms with Crippen molar-refractivity contribution in [1.82, 2.24) is 5.43 Å². The number of aryl methyl sites for hydroxylation is 1. The highest BCUT2D eigenvalue weighted by molar-refractivity contribution is 5.41. The molecule has 0 spiro atoms. The third-order valence-electron chi connectivity index (χ3n) is 2.84. The summed E-state index contributed by atoms with van der Waals surface area (Å²) in [6.07, 6.45) is -4.68. The Kier molecular flexibility index (Phi) is 4.70. The molecule has 0 saturated carbocycles. The van der Waals surface area contributed by atoms with Crippen molar-refractivity contribution in [2.45, 2.75) is 19.8 Å². The van der Waals surface area contributed by atoms with Crippen molar-refractivity contribution in [1.29, 1.82) is 0 Å². The summed E-state index contributed by atoms with van der Waals surface area (Å²) in [6, 6.07) is 13.7. The number of alkyl halides is 3. The van der Waals surface area contributed by atoms with Crippen molar-refractivity contribution in [2.24, 2.45) is 0 Å². The number of hydrogen-bond acceptors (Lipinski definition) is 3. The van der Waals surface area contributed by atoms with Gasteiger partial charge < -0.3 is 10.2 Å². The lowest BCUT2D eigenvalue weighted by molar-refractivity contribution is -0.274. The highest BCUT2D eigenvalue weighted by Gasteiger charge is 2.31. The van der Waals surface area contributed by atoms with Gasteiger partial charge in [0.05, 0.1) is 0 Å². The van der Waals surface area contributed by atoms with Gasteiger partial charge in [-0.2, -0.15) is 0 Å². The molecular weight excluding hydrogens is 281 g/mol. The lowest BCUT2D eigenvalue weighted by Gasteiger charge is -2.13. The summed E-state index contributed by atoms with van der Waals surface area (Å²) >= 11 is 0. The van der Waals surface area contributed by atoms with Gasteiger partial charge in [-0.15, -0.1) is 13.2 Å². The van der Waals surface area contributed by atoms with Crippen LogP contribution < -0.4 is 15.6 Å². The van der Waals surface area contributed by atoms with Crippen LogP contribution in [0.5, 0.6) is 5.75 Å². The number of ether oxygens (including phenoxy) is 1. The van der Waals surface area contributed by atoms with E-state index in [9.17, 15) is 13.2 Å². The Labute approximate surface area is 120 Å². The molecule has 0 aromatic heterocycles. The van der Waals surface area contributed by atoms with E-state index >= 15 is 0 Å². The van der Waals surface area contributed by atoms with Gasteiger partial charge in [-0.25, -0.2) is 5.43 Å². The minimum Gasteiger partial charge on any atom is -0.406 e. The third-order valence-corrected chi connectivity index (χ3v) is 2.84. The Morgan fingerprint density at radius 2 is 1.76 bits per heavy atom. The molecule has 112 valence electrons. The van der Waals surface area contributed by atoms with E-state index in [-0.39, 0.29) is 5.75 Å². The van der Waals surface area contributed by atoms with Gasteiger partial charge in [0.1, 0.15) is 5.75 Å². The van der Waals surface area contributed by atoms with Gasteiger partial charge in [0.25, 0.3) is 0 Å². The zero-order valence-electron chi connectivity index (χ0n) is 11.4. The maximum atomic E-state index is 12.2. The van der Waals surface area contributed by atoms with Crippen LogP contribution in [0.3, 0.4) is 0 Å². The molecule has 0 unspecified atom stereocenters.